The minimum Gasteiger partial charge on any atom is -0.382 e. The van der Waals surface area contributed by atoms with Gasteiger partial charge >= 0.3 is 0 Å². The predicted molar refractivity (Wildman–Crippen MR) is 104 cm³/mol. The maximum absolute atomic E-state index is 12.7. The highest BCUT2D eigenvalue weighted by Gasteiger charge is 2.17. The number of ether oxygens (including phenoxy) is 2. The first-order chi connectivity index (χ1) is 12.6. The quantitative estimate of drug-likeness (QED) is 0.472. The third-order valence-corrected chi connectivity index (χ3v) is 4.23. The van der Waals surface area contributed by atoms with Crippen LogP contribution in [0.25, 0.3) is 0 Å². The van der Waals surface area contributed by atoms with Gasteiger partial charge in [0, 0.05) is 35.9 Å². The van der Waals surface area contributed by atoms with Crippen molar-refractivity contribution in [3.05, 3.63) is 69.7 Å². The van der Waals surface area contributed by atoms with Crippen molar-refractivity contribution in [1.29, 1.82) is 0 Å². The minimum atomic E-state index is -0.261. The number of methoxy groups -OCH3 is 1. The van der Waals surface area contributed by atoms with Crippen LogP contribution in [0, 0.1) is 0 Å². The second-order valence-corrected chi connectivity index (χ2v) is 6.51. The zero-order valence-electron chi connectivity index (χ0n) is 14.7. The van der Waals surface area contributed by atoms with Gasteiger partial charge in [-0.3, -0.25) is 9.59 Å². The van der Waals surface area contributed by atoms with Gasteiger partial charge in [0.05, 0.1) is 18.8 Å². The predicted octanol–water partition coefficient (Wildman–Crippen LogP) is 3.46. The van der Waals surface area contributed by atoms with Crippen LogP contribution in [0.3, 0.4) is 0 Å². The Kier molecular flexibility index (Phi) is 8.47. The van der Waals surface area contributed by atoms with E-state index in [4.69, 9.17) is 9.47 Å². The second kappa shape index (κ2) is 10.9. The maximum Gasteiger partial charge on any atom is 0.252 e. The fraction of sp³-hybridized carbons (Fsp3) is 0.300. The summed E-state index contributed by atoms with van der Waals surface area (Å²) in [6.07, 6.45) is 0.693. The van der Waals surface area contributed by atoms with E-state index in [9.17, 15) is 9.59 Å². The summed E-state index contributed by atoms with van der Waals surface area (Å²) in [6.45, 7) is 2.11. The summed E-state index contributed by atoms with van der Waals surface area (Å²) in [6, 6.07) is 13.9. The number of nitrogens with one attached hydrogen (secondary N) is 1. The molecular formula is C20H22BrNO4. The van der Waals surface area contributed by atoms with Crippen LogP contribution in [0.15, 0.2) is 53.0 Å². The first-order valence-corrected chi connectivity index (χ1v) is 9.17. The molecule has 138 valence electrons. The van der Waals surface area contributed by atoms with E-state index < -0.39 is 0 Å². The number of carbonyl (C=O) groups is 2. The molecule has 1 N–H and O–H groups in total. The van der Waals surface area contributed by atoms with Crippen LogP contribution in [0.1, 0.15) is 32.7 Å². The molecule has 0 aromatic heterocycles. The van der Waals surface area contributed by atoms with Gasteiger partial charge in [0.15, 0.2) is 5.78 Å². The van der Waals surface area contributed by atoms with Crippen LogP contribution in [0.4, 0.5) is 0 Å². The van der Waals surface area contributed by atoms with E-state index in [-0.39, 0.29) is 11.7 Å². The van der Waals surface area contributed by atoms with Gasteiger partial charge in [-0.15, -0.1) is 0 Å². The summed E-state index contributed by atoms with van der Waals surface area (Å²) in [7, 11) is 1.62. The lowest BCUT2D eigenvalue weighted by Crippen LogP contribution is -2.27. The number of hydrogen-bond acceptors (Lipinski definition) is 4. The molecule has 0 radical (unpaired) electrons. The van der Waals surface area contributed by atoms with E-state index in [1.165, 1.54) is 0 Å². The average molecular weight is 420 g/mol. The Morgan fingerprint density at radius 3 is 2.35 bits per heavy atom. The number of carbonyl (C=O) groups excluding carboxylic acids is 2. The molecule has 1 amide bonds. The summed E-state index contributed by atoms with van der Waals surface area (Å²) in [5.74, 6) is -0.436. The molecule has 0 heterocycles. The number of benzene rings is 2. The van der Waals surface area contributed by atoms with Crippen molar-refractivity contribution in [2.24, 2.45) is 0 Å². The lowest BCUT2D eigenvalue weighted by molar-refractivity contribution is 0.0688. The Bertz CT molecular complexity index is 731. The standard InChI is InChI=1S/C20H22BrNO4/c1-25-13-14-26-12-4-11-22-20(24)18-6-3-2-5-17(18)19(23)15-7-9-16(21)10-8-15/h2-3,5-10H,4,11-14H2,1H3,(H,22,24). The number of halogens is 1. The van der Waals surface area contributed by atoms with Gasteiger partial charge < -0.3 is 14.8 Å². The van der Waals surface area contributed by atoms with E-state index in [1.54, 1.807) is 55.6 Å². The zero-order chi connectivity index (χ0) is 18.8. The van der Waals surface area contributed by atoms with Gasteiger partial charge in [-0.05, 0) is 36.8 Å². The largest absolute Gasteiger partial charge is 0.382 e. The molecular weight excluding hydrogens is 398 g/mol. The van der Waals surface area contributed by atoms with Crippen LogP contribution < -0.4 is 5.32 Å². The van der Waals surface area contributed by atoms with E-state index in [2.05, 4.69) is 21.2 Å². The number of rotatable bonds is 10. The van der Waals surface area contributed by atoms with Gasteiger partial charge in [0.25, 0.3) is 5.91 Å². The van der Waals surface area contributed by atoms with E-state index in [0.29, 0.717) is 49.5 Å². The molecule has 0 aliphatic carbocycles. The SMILES string of the molecule is COCCOCCCNC(=O)c1ccccc1C(=O)c1ccc(Br)cc1. The van der Waals surface area contributed by atoms with Crippen molar-refractivity contribution in [2.75, 3.05) is 33.5 Å². The lowest BCUT2D eigenvalue weighted by atomic mass is 9.98. The summed E-state index contributed by atoms with van der Waals surface area (Å²) >= 11 is 3.35. The smallest absolute Gasteiger partial charge is 0.252 e. The van der Waals surface area contributed by atoms with Gasteiger partial charge in [-0.1, -0.05) is 34.1 Å². The Morgan fingerprint density at radius 2 is 1.65 bits per heavy atom. The van der Waals surface area contributed by atoms with Crippen molar-refractivity contribution in [3.8, 4) is 0 Å². The van der Waals surface area contributed by atoms with Gasteiger partial charge in [-0.2, -0.15) is 0 Å². The van der Waals surface area contributed by atoms with E-state index in [0.717, 1.165) is 4.47 Å². The topological polar surface area (TPSA) is 64.6 Å². The highest BCUT2D eigenvalue weighted by Crippen LogP contribution is 2.17. The number of ketones is 1. The third-order valence-electron chi connectivity index (χ3n) is 3.71. The molecule has 5 nitrogen and oxygen atoms in total. The molecule has 0 saturated heterocycles. The molecule has 26 heavy (non-hydrogen) atoms. The maximum atomic E-state index is 12.7. The van der Waals surface area contributed by atoms with Gasteiger partial charge in [0.2, 0.25) is 0 Å². The summed E-state index contributed by atoms with van der Waals surface area (Å²) in [5.41, 5.74) is 1.31. The Morgan fingerprint density at radius 1 is 0.962 bits per heavy atom. The summed E-state index contributed by atoms with van der Waals surface area (Å²) < 4.78 is 11.1. The molecule has 2 aromatic carbocycles. The number of amides is 1. The molecule has 2 aromatic rings. The minimum absolute atomic E-state index is 0.175. The fourth-order valence-electron chi connectivity index (χ4n) is 2.35. The fourth-order valence-corrected chi connectivity index (χ4v) is 2.62. The normalized spacial score (nSPS) is 10.5. The highest BCUT2D eigenvalue weighted by molar-refractivity contribution is 9.10. The van der Waals surface area contributed by atoms with E-state index in [1.807, 2.05) is 0 Å². The molecule has 6 heteroatoms. The highest BCUT2D eigenvalue weighted by atomic mass is 79.9. The second-order valence-electron chi connectivity index (χ2n) is 5.60. The van der Waals surface area contributed by atoms with E-state index >= 15 is 0 Å². The van der Waals surface area contributed by atoms with Gasteiger partial charge in [0.1, 0.15) is 0 Å². The molecule has 0 unspecified atom stereocenters. The van der Waals surface area contributed by atoms with Crippen molar-refractivity contribution >= 4 is 27.6 Å². The van der Waals surface area contributed by atoms with Crippen LogP contribution in [-0.2, 0) is 9.47 Å². The van der Waals surface area contributed by atoms with Crippen LogP contribution >= 0.6 is 15.9 Å². The molecule has 0 aliphatic rings. The van der Waals surface area contributed by atoms with Gasteiger partial charge in [-0.25, -0.2) is 0 Å². The lowest BCUT2D eigenvalue weighted by Gasteiger charge is -2.10. The van der Waals surface area contributed by atoms with Crippen LogP contribution in [0.5, 0.6) is 0 Å². The molecule has 2 rings (SSSR count). The van der Waals surface area contributed by atoms with Crippen molar-refractivity contribution in [3.63, 3.8) is 0 Å². The molecule has 0 aliphatic heterocycles. The molecule has 0 atom stereocenters. The van der Waals surface area contributed by atoms with Crippen LogP contribution in [0.2, 0.25) is 0 Å². The van der Waals surface area contributed by atoms with Crippen molar-refractivity contribution in [1.82, 2.24) is 5.32 Å². The monoisotopic (exact) mass is 419 g/mol. The average Bonchev–Trinajstić information content (AvgIpc) is 2.67. The molecule has 0 fully saturated rings. The number of hydrogen-bond donors (Lipinski definition) is 1. The molecule has 0 bridgehead atoms. The van der Waals surface area contributed by atoms with Crippen molar-refractivity contribution in [2.45, 2.75) is 6.42 Å². The summed E-state index contributed by atoms with van der Waals surface area (Å²) in [5, 5.41) is 2.84. The Hall–Kier alpha value is -2.02. The summed E-state index contributed by atoms with van der Waals surface area (Å²) in [4.78, 5) is 25.2. The zero-order valence-corrected chi connectivity index (χ0v) is 16.3. The Balaban J connectivity index is 1.96. The molecule has 0 saturated carbocycles. The molecule has 0 spiro atoms. The first-order valence-electron chi connectivity index (χ1n) is 8.37. The van der Waals surface area contributed by atoms with Crippen LogP contribution in [-0.4, -0.2) is 45.2 Å². The third kappa shape index (κ3) is 6.05. The first kappa shape index (κ1) is 20.3. The Labute approximate surface area is 161 Å². The van der Waals surface area contributed by atoms with Crippen molar-refractivity contribution < 1.29 is 19.1 Å².